The Bertz CT molecular complexity index is 540. The van der Waals surface area contributed by atoms with Gasteiger partial charge >= 0.3 is 0 Å². The molecule has 2 heterocycles. The summed E-state index contributed by atoms with van der Waals surface area (Å²) in [6, 6.07) is 3.94. The molecular formula is C13H16N2O3S2. The molecule has 0 unspecified atom stereocenters. The van der Waals surface area contributed by atoms with Crippen molar-refractivity contribution in [2.75, 3.05) is 33.4 Å². The molecule has 2 rings (SSSR count). The van der Waals surface area contributed by atoms with Gasteiger partial charge in [-0.3, -0.25) is 4.79 Å². The Balaban J connectivity index is 2.10. The molecule has 2 aromatic rings. The van der Waals surface area contributed by atoms with Gasteiger partial charge in [-0.25, -0.2) is 4.98 Å². The fourth-order valence-electron chi connectivity index (χ4n) is 1.68. The first-order chi connectivity index (χ1) is 9.76. The zero-order chi connectivity index (χ0) is 14.4. The smallest absolute Gasteiger partial charge is 0.273 e. The van der Waals surface area contributed by atoms with Gasteiger partial charge in [0.2, 0.25) is 0 Å². The molecule has 1 amide bonds. The number of aliphatic hydroxyl groups is 1. The van der Waals surface area contributed by atoms with Crippen molar-refractivity contribution in [2.24, 2.45) is 0 Å². The van der Waals surface area contributed by atoms with Gasteiger partial charge in [0.05, 0.1) is 18.1 Å². The predicted octanol–water partition coefficient (Wildman–Crippen LogP) is 1.95. The lowest BCUT2D eigenvalue weighted by molar-refractivity contribution is 0.0651. The summed E-state index contributed by atoms with van der Waals surface area (Å²) in [7, 11) is 1.58. The van der Waals surface area contributed by atoms with E-state index in [-0.39, 0.29) is 19.1 Å². The standard InChI is InChI=1S/C13H16N2O3S2/c1-18-7-5-15(4-6-16)13(17)10-9-20-12(14-10)11-3-2-8-19-11/h2-3,8-9,16H,4-7H2,1H3. The lowest BCUT2D eigenvalue weighted by Crippen LogP contribution is -2.36. The molecule has 7 heteroatoms. The summed E-state index contributed by atoms with van der Waals surface area (Å²) in [5.41, 5.74) is 0.419. The second-order valence-corrected chi connectivity index (χ2v) is 5.83. The summed E-state index contributed by atoms with van der Waals surface area (Å²) < 4.78 is 4.98. The van der Waals surface area contributed by atoms with Crippen LogP contribution in [0.4, 0.5) is 0 Å². The summed E-state index contributed by atoms with van der Waals surface area (Å²) >= 11 is 3.05. The average molecular weight is 312 g/mol. The summed E-state index contributed by atoms with van der Waals surface area (Å²) in [4.78, 5) is 19.3. The van der Waals surface area contributed by atoms with E-state index >= 15 is 0 Å². The molecular weight excluding hydrogens is 296 g/mol. The van der Waals surface area contributed by atoms with Gasteiger partial charge < -0.3 is 14.7 Å². The SMILES string of the molecule is COCCN(CCO)C(=O)c1csc(-c2cccs2)n1. The van der Waals surface area contributed by atoms with E-state index in [1.54, 1.807) is 28.7 Å². The highest BCUT2D eigenvalue weighted by atomic mass is 32.1. The van der Waals surface area contributed by atoms with Crippen LogP contribution in [0.2, 0.25) is 0 Å². The Kier molecular flexibility index (Phi) is 5.66. The number of rotatable bonds is 7. The highest BCUT2D eigenvalue weighted by Crippen LogP contribution is 2.28. The van der Waals surface area contributed by atoms with Crippen molar-refractivity contribution in [3.63, 3.8) is 0 Å². The number of ether oxygens (including phenoxy) is 1. The average Bonchev–Trinajstić information content (AvgIpc) is 3.12. The monoisotopic (exact) mass is 312 g/mol. The highest BCUT2D eigenvalue weighted by Gasteiger charge is 2.18. The van der Waals surface area contributed by atoms with E-state index in [0.29, 0.717) is 18.8 Å². The Morgan fingerprint density at radius 3 is 2.95 bits per heavy atom. The minimum absolute atomic E-state index is 0.0721. The highest BCUT2D eigenvalue weighted by molar-refractivity contribution is 7.20. The van der Waals surface area contributed by atoms with Crippen molar-refractivity contribution >= 4 is 28.6 Å². The number of carbonyl (C=O) groups is 1. The molecule has 20 heavy (non-hydrogen) atoms. The second kappa shape index (κ2) is 7.49. The van der Waals surface area contributed by atoms with Crippen LogP contribution < -0.4 is 0 Å². The lowest BCUT2D eigenvalue weighted by atomic mass is 10.3. The van der Waals surface area contributed by atoms with Crippen LogP contribution in [0.3, 0.4) is 0 Å². The van der Waals surface area contributed by atoms with E-state index < -0.39 is 0 Å². The molecule has 0 aliphatic heterocycles. The van der Waals surface area contributed by atoms with Crippen LogP contribution in [-0.2, 0) is 4.74 Å². The van der Waals surface area contributed by atoms with Gasteiger partial charge in [0.15, 0.2) is 0 Å². The van der Waals surface area contributed by atoms with Gasteiger partial charge in [0.25, 0.3) is 5.91 Å². The van der Waals surface area contributed by atoms with Gasteiger partial charge in [-0.05, 0) is 11.4 Å². The fraction of sp³-hybridized carbons (Fsp3) is 0.385. The van der Waals surface area contributed by atoms with Gasteiger partial charge in [-0.15, -0.1) is 22.7 Å². The maximum absolute atomic E-state index is 12.3. The Hall–Kier alpha value is -1.28. The molecule has 0 spiro atoms. The number of nitrogens with zero attached hydrogens (tertiary/aromatic N) is 2. The van der Waals surface area contributed by atoms with Crippen molar-refractivity contribution in [1.82, 2.24) is 9.88 Å². The molecule has 0 saturated carbocycles. The van der Waals surface area contributed by atoms with Crippen molar-refractivity contribution in [1.29, 1.82) is 0 Å². The number of aromatic nitrogens is 1. The quantitative estimate of drug-likeness (QED) is 0.849. The summed E-state index contributed by atoms with van der Waals surface area (Å²) in [5.74, 6) is -0.171. The molecule has 0 atom stereocenters. The first-order valence-corrected chi connectivity index (χ1v) is 7.90. The number of hydrogen-bond donors (Lipinski definition) is 1. The van der Waals surface area contributed by atoms with E-state index in [0.717, 1.165) is 9.88 Å². The molecule has 0 aliphatic rings. The zero-order valence-electron chi connectivity index (χ0n) is 11.1. The normalized spacial score (nSPS) is 10.7. The number of methoxy groups -OCH3 is 1. The molecule has 1 N–H and O–H groups in total. The molecule has 0 aliphatic carbocycles. The predicted molar refractivity (Wildman–Crippen MR) is 80.3 cm³/mol. The number of aliphatic hydroxyl groups excluding tert-OH is 1. The third-order valence-electron chi connectivity index (χ3n) is 2.68. The Morgan fingerprint density at radius 2 is 2.30 bits per heavy atom. The minimum Gasteiger partial charge on any atom is -0.395 e. The maximum Gasteiger partial charge on any atom is 0.273 e. The molecule has 0 bridgehead atoms. The van der Waals surface area contributed by atoms with E-state index in [4.69, 9.17) is 9.84 Å². The van der Waals surface area contributed by atoms with E-state index in [9.17, 15) is 4.79 Å². The van der Waals surface area contributed by atoms with Gasteiger partial charge in [0.1, 0.15) is 10.7 Å². The number of carbonyl (C=O) groups excluding carboxylic acids is 1. The van der Waals surface area contributed by atoms with Crippen LogP contribution in [0, 0.1) is 0 Å². The van der Waals surface area contributed by atoms with Crippen LogP contribution in [0.25, 0.3) is 9.88 Å². The van der Waals surface area contributed by atoms with Crippen molar-refractivity contribution in [2.45, 2.75) is 0 Å². The summed E-state index contributed by atoms with van der Waals surface area (Å²) in [6.07, 6.45) is 0. The van der Waals surface area contributed by atoms with E-state index in [1.807, 2.05) is 17.5 Å². The largest absolute Gasteiger partial charge is 0.395 e. The number of thiazole rings is 1. The van der Waals surface area contributed by atoms with Crippen molar-refractivity contribution < 1.29 is 14.6 Å². The number of thiophene rings is 1. The van der Waals surface area contributed by atoms with Gasteiger partial charge in [-0.2, -0.15) is 0 Å². The molecule has 0 fully saturated rings. The third kappa shape index (κ3) is 3.63. The van der Waals surface area contributed by atoms with Gasteiger partial charge in [0, 0.05) is 25.6 Å². The molecule has 2 aromatic heterocycles. The summed E-state index contributed by atoms with van der Waals surface area (Å²) in [5, 5.41) is 13.6. The lowest BCUT2D eigenvalue weighted by Gasteiger charge is -2.20. The third-order valence-corrected chi connectivity index (χ3v) is 4.56. The fourth-order valence-corrected chi connectivity index (χ4v) is 3.29. The van der Waals surface area contributed by atoms with E-state index in [1.165, 1.54) is 11.3 Å². The second-order valence-electron chi connectivity index (χ2n) is 4.02. The molecule has 0 aromatic carbocycles. The molecule has 108 valence electrons. The van der Waals surface area contributed by atoms with Gasteiger partial charge in [-0.1, -0.05) is 6.07 Å². The van der Waals surface area contributed by atoms with Crippen LogP contribution in [-0.4, -0.2) is 54.3 Å². The minimum atomic E-state index is -0.171. The first-order valence-electron chi connectivity index (χ1n) is 6.14. The molecule has 5 nitrogen and oxygen atoms in total. The maximum atomic E-state index is 12.3. The number of amides is 1. The zero-order valence-corrected chi connectivity index (χ0v) is 12.7. The van der Waals surface area contributed by atoms with E-state index in [2.05, 4.69) is 4.98 Å². The van der Waals surface area contributed by atoms with Crippen molar-refractivity contribution in [3.05, 3.63) is 28.6 Å². The summed E-state index contributed by atoms with van der Waals surface area (Å²) in [6.45, 7) is 1.10. The van der Waals surface area contributed by atoms with Crippen LogP contribution in [0.5, 0.6) is 0 Å². The molecule has 0 radical (unpaired) electrons. The van der Waals surface area contributed by atoms with Crippen LogP contribution in [0.15, 0.2) is 22.9 Å². The Morgan fingerprint density at radius 1 is 1.45 bits per heavy atom. The van der Waals surface area contributed by atoms with Crippen molar-refractivity contribution in [3.8, 4) is 9.88 Å². The molecule has 0 saturated heterocycles. The first kappa shape index (κ1) is 15.1. The topological polar surface area (TPSA) is 62.7 Å². The number of hydrogen-bond acceptors (Lipinski definition) is 6. The Labute approximate surface area is 125 Å². The van der Waals surface area contributed by atoms with Crippen LogP contribution in [0.1, 0.15) is 10.5 Å². The van der Waals surface area contributed by atoms with Crippen LogP contribution >= 0.6 is 22.7 Å².